The van der Waals surface area contributed by atoms with Gasteiger partial charge in [-0.3, -0.25) is 4.79 Å². The van der Waals surface area contributed by atoms with Gasteiger partial charge < -0.3 is 5.32 Å². The van der Waals surface area contributed by atoms with E-state index < -0.39 is 10.2 Å². The third-order valence-electron chi connectivity index (χ3n) is 4.34. The molecule has 0 radical (unpaired) electrons. The molecule has 1 fully saturated rings. The highest BCUT2D eigenvalue weighted by molar-refractivity contribution is 7.98. The minimum Gasteiger partial charge on any atom is -0.355 e. The molecule has 1 saturated heterocycles. The van der Waals surface area contributed by atoms with Crippen molar-refractivity contribution in [3.63, 3.8) is 0 Å². The van der Waals surface area contributed by atoms with Crippen LogP contribution >= 0.6 is 35.0 Å². The molecular weight excluding hydrogens is 429 g/mol. The Morgan fingerprint density at radius 3 is 2.74 bits per heavy atom. The molecule has 1 aromatic carbocycles. The van der Waals surface area contributed by atoms with Crippen LogP contribution in [0.2, 0.25) is 10.0 Å². The van der Waals surface area contributed by atoms with E-state index >= 15 is 0 Å². The van der Waals surface area contributed by atoms with Gasteiger partial charge in [-0.1, -0.05) is 29.3 Å². The van der Waals surface area contributed by atoms with Gasteiger partial charge in [-0.05, 0) is 30.5 Å². The number of hydrogen-bond acceptors (Lipinski definition) is 4. The van der Waals surface area contributed by atoms with E-state index in [1.54, 1.807) is 17.8 Å². The largest absolute Gasteiger partial charge is 0.355 e. The zero-order valence-electron chi connectivity index (χ0n) is 15.5. The summed E-state index contributed by atoms with van der Waals surface area (Å²) in [4.78, 5) is 12.4. The molecule has 1 N–H and O–H groups in total. The molecule has 2 rings (SSSR count). The summed E-state index contributed by atoms with van der Waals surface area (Å²) < 4.78 is 27.0. The minimum atomic E-state index is -3.47. The van der Waals surface area contributed by atoms with E-state index in [4.69, 9.17) is 23.2 Å². The number of hydrogen-bond donors (Lipinski definition) is 1. The Kier molecular flexibility index (Phi) is 8.70. The molecule has 0 bridgehead atoms. The summed E-state index contributed by atoms with van der Waals surface area (Å²) in [6, 6.07) is 5.55. The maximum Gasteiger partial charge on any atom is 0.281 e. The van der Waals surface area contributed by atoms with Crippen molar-refractivity contribution in [1.29, 1.82) is 0 Å². The predicted molar refractivity (Wildman–Crippen MR) is 113 cm³/mol. The number of nitrogens with one attached hydrogen (secondary N) is 1. The molecule has 1 heterocycles. The summed E-state index contributed by atoms with van der Waals surface area (Å²) in [5, 5.41) is 4.00. The van der Waals surface area contributed by atoms with E-state index in [0.717, 1.165) is 17.1 Å². The summed E-state index contributed by atoms with van der Waals surface area (Å²) in [5.41, 5.74) is 1.08. The molecule has 0 saturated carbocycles. The SMILES string of the molecule is CN(C)S(=O)(=O)N1CCC[C@@H](C(=O)NCCSCc2ccc(Cl)c(Cl)c2)C1. The van der Waals surface area contributed by atoms with Crippen LogP contribution < -0.4 is 5.32 Å². The number of nitrogens with zero attached hydrogens (tertiary/aromatic N) is 2. The van der Waals surface area contributed by atoms with Crippen LogP contribution in [-0.2, 0) is 20.8 Å². The lowest BCUT2D eigenvalue weighted by atomic mass is 9.99. The van der Waals surface area contributed by atoms with Crippen molar-refractivity contribution in [2.24, 2.45) is 5.92 Å². The first-order valence-corrected chi connectivity index (χ1v) is 12.0. The molecule has 0 aromatic heterocycles. The Balaban J connectivity index is 1.73. The van der Waals surface area contributed by atoms with Crippen molar-refractivity contribution in [1.82, 2.24) is 13.9 Å². The van der Waals surface area contributed by atoms with Gasteiger partial charge in [0.2, 0.25) is 5.91 Å². The molecule has 1 atom stereocenters. The van der Waals surface area contributed by atoms with Gasteiger partial charge in [0.25, 0.3) is 10.2 Å². The first-order valence-electron chi connectivity index (χ1n) is 8.69. The second-order valence-electron chi connectivity index (χ2n) is 6.58. The number of carbonyl (C=O) groups is 1. The van der Waals surface area contributed by atoms with Gasteiger partial charge >= 0.3 is 0 Å². The number of rotatable bonds is 8. The Labute approximate surface area is 175 Å². The third-order valence-corrected chi connectivity index (χ3v) is 8.02. The van der Waals surface area contributed by atoms with Gasteiger partial charge in [0.1, 0.15) is 0 Å². The molecule has 0 spiro atoms. The fourth-order valence-corrected chi connectivity index (χ4v) is 5.12. The lowest BCUT2D eigenvalue weighted by Crippen LogP contribution is -2.49. The quantitative estimate of drug-likeness (QED) is 0.614. The Hall–Kier alpha value is -0.510. The van der Waals surface area contributed by atoms with Crippen LogP contribution in [0.4, 0.5) is 0 Å². The minimum absolute atomic E-state index is 0.0798. The topological polar surface area (TPSA) is 69.7 Å². The van der Waals surface area contributed by atoms with E-state index in [1.165, 1.54) is 22.7 Å². The molecule has 0 unspecified atom stereocenters. The third kappa shape index (κ3) is 6.51. The smallest absolute Gasteiger partial charge is 0.281 e. The first-order chi connectivity index (χ1) is 12.7. The number of benzene rings is 1. The van der Waals surface area contributed by atoms with Crippen LogP contribution in [0.25, 0.3) is 0 Å². The molecular formula is C17H25Cl2N3O3S2. The van der Waals surface area contributed by atoms with Gasteiger partial charge in [0, 0.05) is 45.2 Å². The van der Waals surface area contributed by atoms with Gasteiger partial charge in [0.15, 0.2) is 0 Å². The van der Waals surface area contributed by atoms with E-state index in [0.29, 0.717) is 36.0 Å². The monoisotopic (exact) mass is 453 g/mol. The number of thioether (sulfide) groups is 1. The highest BCUT2D eigenvalue weighted by atomic mass is 35.5. The molecule has 152 valence electrons. The van der Waals surface area contributed by atoms with Crippen LogP contribution in [0.3, 0.4) is 0 Å². The van der Waals surface area contributed by atoms with Crippen molar-refractivity contribution >= 4 is 51.1 Å². The predicted octanol–water partition coefficient (Wildman–Crippen LogP) is 2.86. The molecule has 27 heavy (non-hydrogen) atoms. The molecule has 6 nitrogen and oxygen atoms in total. The average molecular weight is 454 g/mol. The van der Waals surface area contributed by atoms with E-state index in [9.17, 15) is 13.2 Å². The van der Waals surface area contributed by atoms with Crippen LogP contribution in [0.5, 0.6) is 0 Å². The van der Waals surface area contributed by atoms with Crippen LogP contribution in [0, 0.1) is 5.92 Å². The molecule has 1 amide bonds. The van der Waals surface area contributed by atoms with E-state index in [1.807, 2.05) is 12.1 Å². The van der Waals surface area contributed by atoms with Crippen LogP contribution in [0.1, 0.15) is 18.4 Å². The molecule has 1 aliphatic rings. The molecule has 0 aliphatic carbocycles. The number of carbonyl (C=O) groups excluding carboxylic acids is 1. The van der Waals surface area contributed by atoms with Gasteiger partial charge in [-0.15, -0.1) is 0 Å². The number of amides is 1. The molecule has 1 aliphatic heterocycles. The fourth-order valence-electron chi connectivity index (χ4n) is 2.81. The maximum atomic E-state index is 12.4. The Bertz CT molecular complexity index is 760. The summed E-state index contributed by atoms with van der Waals surface area (Å²) >= 11 is 13.6. The lowest BCUT2D eigenvalue weighted by molar-refractivity contribution is -0.125. The number of piperidine rings is 1. The van der Waals surface area contributed by atoms with Gasteiger partial charge in [-0.2, -0.15) is 28.8 Å². The van der Waals surface area contributed by atoms with Crippen molar-refractivity contribution in [2.75, 3.05) is 39.5 Å². The second-order valence-corrected chi connectivity index (χ2v) is 10.6. The zero-order chi connectivity index (χ0) is 20.0. The normalized spacial score (nSPS) is 18.6. The fraction of sp³-hybridized carbons (Fsp3) is 0.588. The summed E-state index contributed by atoms with van der Waals surface area (Å²) in [6.07, 6.45) is 1.40. The van der Waals surface area contributed by atoms with Crippen molar-refractivity contribution in [3.8, 4) is 0 Å². The van der Waals surface area contributed by atoms with Gasteiger partial charge in [-0.25, -0.2) is 0 Å². The van der Waals surface area contributed by atoms with Crippen molar-refractivity contribution < 1.29 is 13.2 Å². The van der Waals surface area contributed by atoms with Crippen LogP contribution in [-0.4, -0.2) is 62.4 Å². The highest BCUT2D eigenvalue weighted by Crippen LogP contribution is 2.24. The average Bonchev–Trinajstić information content (AvgIpc) is 2.64. The number of halogens is 2. The molecule has 10 heteroatoms. The second kappa shape index (κ2) is 10.3. The van der Waals surface area contributed by atoms with Crippen molar-refractivity contribution in [2.45, 2.75) is 18.6 Å². The van der Waals surface area contributed by atoms with Gasteiger partial charge in [0.05, 0.1) is 16.0 Å². The van der Waals surface area contributed by atoms with Crippen LogP contribution in [0.15, 0.2) is 18.2 Å². The van der Waals surface area contributed by atoms with E-state index in [2.05, 4.69) is 5.32 Å². The standard InChI is InChI=1S/C17H25Cl2N3O3S2/c1-21(2)27(24,25)22-8-3-4-14(11-22)17(23)20-7-9-26-12-13-5-6-15(18)16(19)10-13/h5-6,10,14H,3-4,7-9,11-12H2,1-2H3,(H,20,23)/t14-/m1/s1. The summed E-state index contributed by atoms with van der Waals surface area (Å²) in [7, 11) is -0.462. The Morgan fingerprint density at radius 1 is 1.33 bits per heavy atom. The molecule has 1 aromatic rings. The zero-order valence-corrected chi connectivity index (χ0v) is 18.6. The lowest BCUT2D eigenvalue weighted by Gasteiger charge is -2.32. The van der Waals surface area contributed by atoms with E-state index in [-0.39, 0.29) is 18.4 Å². The first kappa shape index (κ1) is 22.8. The highest BCUT2D eigenvalue weighted by Gasteiger charge is 2.33. The van der Waals surface area contributed by atoms with Crippen molar-refractivity contribution in [3.05, 3.63) is 33.8 Å². The maximum absolute atomic E-state index is 12.4. The summed E-state index contributed by atoms with van der Waals surface area (Å²) in [6.45, 7) is 1.24. The summed E-state index contributed by atoms with van der Waals surface area (Å²) in [5.74, 6) is 1.17. The Morgan fingerprint density at radius 2 is 2.07 bits per heavy atom.